The van der Waals surface area contributed by atoms with Crippen LogP contribution in [-0.4, -0.2) is 22.5 Å². The zero-order valence-corrected chi connectivity index (χ0v) is 10.0. The van der Waals surface area contributed by atoms with Crippen LogP contribution in [0.25, 0.3) is 0 Å². The molecule has 0 saturated heterocycles. The highest BCUT2D eigenvalue weighted by Gasteiger charge is 2.34. The van der Waals surface area contributed by atoms with Gasteiger partial charge in [0.1, 0.15) is 5.54 Å². The molecule has 0 aliphatic heterocycles. The predicted molar refractivity (Wildman–Crippen MR) is 64.8 cm³/mol. The summed E-state index contributed by atoms with van der Waals surface area (Å²) >= 11 is 0. The molecule has 0 bridgehead atoms. The van der Waals surface area contributed by atoms with Gasteiger partial charge < -0.3 is 10.4 Å². The number of nitrogens with zero attached hydrogens (tertiary/aromatic N) is 1. The molecule has 1 rings (SSSR count). The fourth-order valence-electron chi connectivity index (χ4n) is 1.44. The zero-order valence-electron chi connectivity index (χ0n) is 10.0. The number of benzene rings is 1. The lowest BCUT2D eigenvalue weighted by molar-refractivity contribution is -0.144. The van der Waals surface area contributed by atoms with Crippen LogP contribution in [0.5, 0.6) is 0 Å². The Balaban J connectivity index is 2.82. The SMILES string of the molecule is C[C@](CCC#N)(NC(=O)c1ccccc1)C(=O)O. The van der Waals surface area contributed by atoms with Gasteiger partial charge >= 0.3 is 5.97 Å². The number of hydrogen-bond acceptors (Lipinski definition) is 3. The van der Waals surface area contributed by atoms with Crippen molar-refractivity contribution >= 4 is 11.9 Å². The number of nitrogens with one attached hydrogen (secondary N) is 1. The van der Waals surface area contributed by atoms with Gasteiger partial charge in [-0.05, 0) is 25.5 Å². The van der Waals surface area contributed by atoms with Crippen LogP contribution >= 0.6 is 0 Å². The van der Waals surface area contributed by atoms with E-state index in [1.165, 1.54) is 6.92 Å². The number of carbonyl (C=O) groups excluding carboxylic acids is 1. The number of carboxylic acids is 1. The van der Waals surface area contributed by atoms with Crippen molar-refractivity contribution in [3.63, 3.8) is 0 Å². The van der Waals surface area contributed by atoms with E-state index in [9.17, 15) is 9.59 Å². The molecule has 0 heterocycles. The molecule has 94 valence electrons. The van der Waals surface area contributed by atoms with Gasteiger partial charge in [-0.25, -0.2) is 4.79 Å². The topological polar surface area (TPSA) is 90.2 Å². The van der Waals surface area contributed by atoms with Crippen LogP contribution in [-0.2, 0) is 4.79 Å². The van der Waals surface area contributed by atoms with Crippen LogP contribution in [0.15, 0.2) is 30.3 Å². The Bertz CT molecular complexity index is 479. The largest absolute Gasteiger partial charge is 0.480 e. The van der Waals surface area contributed by atoms with Crippen LogP contribution in [0.4, 0.5) is 0 Å². The van der Waals surface area contributed by atoms with E-state index in [4.69, 9.17) is 10.4 Å². The van der Waals surface area contributed by atoms with Gasteiger partial charge in [0.05, 0.1) is 6.07 Å². The fraction of sp³-hybridized carbons (Fsp3) is 0.308. The minimum atomic E-state index is -1.43. The summed E-state index contributed by atoms with van der Waals surface area (Å²) < 4.78 is 0. The Kier molecular flexibility index (Phi) is 4.44. The Morgan fingerprint density at radius 2 is 2.00 bits per heavy atom. The third kappa shape index (κ3) is 3.32. The smallest absolute Gasteiger partial charge is 0.329 e. The minimum Gasteiger partial charge on any atom is -0.480 e. The summed E-state index contributed by atoms with van der Waals surface area (Å²) in [6.45, 7) is 1.40. The molecule has 0 aromatic heterocycles. The molecule has 0 fully saturated rings. The molecule has 18 heavy (non-hydrogen) atoms. The van der Waals surface area contributed by atoms with Crippen LogP contribution in [0, 0.1) is 11.3 Å². The van der Waals surface area contributed by atoms with Crippen molar-refractivity contribution in [3.05, 3.63) is 35.9 Å². The van der Waals surface area contributed by atoms with Crippen molar-refractivity contribution in [1.29, 1.82) is 5.26 Å². The molecule has 0 aliphatic rings. The van der Waals surface area contributed by atoms with E-state index >= 15 is 0 Å². The summed E-state index contributed by atoms with van der Waals surface area (Å²) in [5, 5.41) is 20.1. The molecule has 0 aliphatic carbocycles. The van der Waals surface area contributed by atoms with Crippen molar-refractivity contribution in [1.82, 2.24) is 5.32 Å². The molecule has 1 aromatic carbocycles. The number of nitriles is 1. The highest BCUT2D eigenvalue weighted by atomic mass is 16.4. The Labute approximate surface area is 105 Å². The first-order chi connectivity index (χ1) is 8.49. The average Bonchev–Trinajstić information content (AvgIpc) is 2.37. The van der Waals surface area contributed by atoms with Crippen LogP contribution in [0.2, 0.25) is 0 Å². The maximum absolute atomic E-state index is 11.9. The normalized spacial score (nSPS) is 13.1. The highest BCUT2D eigenvalue weighted by molar-refractivity contribution is 5.97. The van der Waals surface area contributed by atoms with Crippen molar-refractivity contribution in [2.75, 3.05) is 0 Å². The third-order valence-electron chi connectivity index (χ3n) is 2.63. The number of carboxylic acid groups (broad SMARTS) is 1. The second-order valence-corrected chi connectivity index (χ2v) is 4.12. The van der Waals surface area contributed by atoms with E-state index in [-0.39, 0.29) is 12.8 Å². The van der Waals surface area contributed by atoms with Crippen LogP contribution in [0.1, 0.15) is 30.1 Å². The van der Waals surface area contributed by atoms with Gasteiger partial charge in [0.15, 0.2) is 0 Å². The molecule has 5 nitrogen and oxygen atoms in total. The maximum Gasteiger partial charge on any atom is 0.329 e. The molecule has 0 radical (unpaired) electrons. The van der Waals surface area contributed by atoms with Crippen LogP contribution < -0.4 is 5.32 Å². The number of amides is 1. The third-order valence-corrected chi connectivity index (χ3v) is 2.63. The molecule has 0 spiro atoms. The monoisotopic (exact) mass is 246 g/mol. The number of hydrogen-bond donors (Lipinski definition) is 2. The summed E-state index contributed by atoms with van der Waals surface area (Å²) in [7, 11) is 0. The Morgan fingerprint density at radius 3 is 2.50 bits per heavy atom. The van der Waals surface area contributed by atoms with Gasteiger partial charge in [-0.15, -0.1) is 0 Å². The van der Waals surface area contributed by atoms with Crippen molar-refractivity contribution in [2.24, 2.45) is 0 Å². The molecular formula is C13H14N2O3. The first-order valence-corrected chi connectivity index (χ1v) is 5.47. The van der Waals surface area contributed by atoms with Crippen LogP contribution in [0.3, 0.4) is 0 Å². The maximum atomic E-state index is 11.9. The van der Waals surface area contributed by atoms with Gasteiger partial charge in [-0.3, -0.25) is 4.79 Å². The van der Waals surface area contributed by atoms with E-state index in [1.807, 2.05) is 6.07 Å². The lowest BCUT2D eigenvalue weighted by Gasteiger charge is -2.25. The summed E-state index contributed by atoms with van der Waals surface area (Å²) in [6, 6.07) is 10.2. The number of rotatable bonds is 5. The average molecular weight is 246 g/mol. The van der Waals surface area contributed by atoms with Crippen molar-refractivity contribution in [3.8, 4) is 6.07 Å². The first kappa shape index (κ1) is 13.7. The molecule has 5 heteroatoms. The van der Waals surface area contributed by atoms with E-state index in [2.05, 4.69) is 5.32 Å². The van der Waals surface area contributed by atoms with Gasteiger partial charge in [0.2, 0.25) is 0 Å². The quantitative estimate of drug-likeness (QED) is 0.825. The fourth-order valence-corrected chi connectivity index (χ4v) is 1.44. The molecule has 1 amide bonds. The van der Waals surface area contributed by atoms with Gasteiger partial charge in [0, 0.05) is 12.0 Å². The summed E-state index contributed by atoms with van der Waals surface area (Å²) in [5.41, 5.74) is -1.04. The van der Waals surface area contributed by atoms with Gasteiger partial charge in [0.25, 0.3) is 5.91 Å². The molecule has 0 unspecified atom stereocenters. The highest BCUT2D eigenvalue weighted by Crippen LogP contribution is 2.14. The number of aliphatic carboxylic acids is 1. The van der Waals surface area contributed by atoms with E-state index in [0.717, 1.165) is 0 Å². The van der Waals surface area contributed by atoms with E-state index < -0.39 is 17.4 Å². The van der Waals surface area contributed by atoms with Gasteiger partial charge in [-0.2, -0.15) is 5.26 Å². The summed E-state index contributed by atoms with van der Waals surface area (Å²) in [4.78, 5) is 23.0. The van der Waals surface area contributed by atoms with Gasteiger partial charge in [-0.1, -0.05) is 18.2 Å². The first-order valence-electron chi connectivity index (χ1n) is 5.47. The molecular weight excluding hydrogens is 232 g/mol. The Hall–Kier alpha value is -2.35. The zero-order chi connectivity index (χ0) is 13.6. The second-order valence-electron chi connectivity index (χ2n) is 4.12. The standard InChI is InChI=1S/C13H14N2O3/c1-13(12(17)18,8-5-9-14)15-11(16)10-6-3-2-4-7-10/h2-4,6-7H,5,8H2,1H3,(H,15,16)(H,17,18)/t13-/m1/s1. The second kappa shape index (κ2) is 5.82. The molecule has 1 atom stereocenters. The number of carbonyl (C=O) groups is 2. The minimum absolute atomic E-state index is 0.0669. The molecule has 0 saturated carbocycles. The Morgan fingerprint density at radius 1 is 1.39 bits per heavy atom. The predicted octanol–water partition coefficient (Wildman–Crippen LogP) is 1.56. The van der Waals surface area contributed by atoms with Crippen molar-refractivity contribution in [2.45, 2.75) is 25.3 Å². The summed E-state index contributed by atoms with van der Waals surface area (Å²) in [5.74, 6) is -1.61. The summed E-state index contributed by atoms with van der Waals surface area (Å²) in [6.07, 6.45) is 0.134. The molecule has 2 N–H and O–H groups in total. The van der Waals surface area contributed by atoms with E-state index in [0.29, 0.717) is 5.56 Å². The lowest BCUT2D eigenvalue weighted by Crippen LogP contribution is -2.52. The van der Waals surface area contributed by atoms with E-state index in [1.54, 1.807) is 30.3 Å². The lowest BCUT2D eigenvalue weighted by atomic mass is 9.95. The molecule has 1 aromatic rings. The van der Waals surface area contributed by atoms with Crippen molar-refractivity contribution < 1.29 is 14.7 Å².